The molecule has 0 unspecified atom stereocenters. The van der Waals surface area contributed by atoms with E-state index in [0.29, 0.717) is 30.1 Å². The smallest absolute Gasteiger partial charge is 0.343 e. The molecule has 0 aliphatic heterocycles. The normalized spacial score (nSPS) is 10.7. The van der Waals surface area contributed by atoms with E-state index in [2.05, 4.69) is 6.92 Å². The van der Waals surface area contributed by atoms with Gasteiger partial charge in [0.15, 0.2) is 0 Å². The van der Waals surface area contributed by atoms with Gasteiger partial charge in [0.05, 0.1) is 24.3 Å². The van der Waals surface area contributed by atoms with Gasteiger partial charge >= 0.3 is 11.9 Å². The Morgan fingerprint density at radius 3 is 1.93 bits per heavy atom. The van der Waals surface area contributed by atoms with E-state index in [1.54, 1.807) is 48.5 Å². The van der Waals surface area contributed by atoms with Crippen LogP contribution in [0.1, 0.15) is 73.6 Å². The third-order valence-corrected chi connectivity index (χ3v) is 4.45. The molecular formula is C25H32O5. The Kier molecular flexibility index (Phi) is 9.92. The molecule has 2 aromatic carbocycles. The van der Waals surface area contributed by atoms with Gasteiger partial charge in [-0.25, -0.2) is 9.59 Å². The third-order valence-electron chi connectivity index (χ3n) is 4.45. The highest BCUT2D eigenvalue weighted by atomic mass is 16.5. The minimum atomic E-state index is -0.462. The molecule has 0 fully saturated rings. The number of benzene rings is 2. The number of unbranched alkanes of at least 4 members (excludes halogenated alkanes) is 4. The Balaban J connectivity index is 1.80. The highest BCUT2D eigenvalue weighted by molar-refractivity contribution is 5.92. The van der Waals surface area contributed by atoms with E-state index in [4.69, 9.17) is 14.2 Å². The van der Waals surface area contributed by atoms with Crippen molar-refractivity contribution in [3.63, 3.8) is 0 Å². The predicted octanol–water partition coefficient (Wildman–Crippen LogP) is 6.07. The van der Waals surface area contributed by atoms with Crippen molar-refractivity contribution in [2.45, 2.75) is 52.9 Å². The Morgan fingerprint density at radius 2 is 1.33 bits per heavy atom. The zero-order valence-electron chi connectivity index (χ0n) is 18.2. The lowest BCUT2D eigenvalue weighted by molar-refractivity contribution is 0.0459. The molecule has 0 heterocycles. The molecule has 0 radical (unpaired) electrons. The van der Waals surface area contributed by atoms with Crippen LogP contribution in [0.2, 0.25) is 0 Å². The molecular weight excluding hydrogens is 380 g/mol. The van der Waals surface area contributed by atoms with Gasteiger partial charge < -0.3 is 14.2 Å². The van der Waals surface area contributed by atoms with Crippen LogP contribution in [0.5, 0.6) is 11.5 Å². The topological polar surface area (TPSA) is 61.8 Å². The van der Waals surface area contributed by atoms with Gasteiger partial charge in [-0.3, -0.25) is 0 Å². The zero-order valence-corrected chi connectivity index (χ0v) is 18.2. The molecule has 0 atom stereocenters. The minimum absolute atomic E-state index is 0.275. The summed E-state index contributed by atoms with van der Waals surface area (Å²) < 4.78 is 16.3. The summed E-state index contributed by atoms with van der Waals surface area (Å²) >= 11 is 0. The van der Waals surface area contributed by atoms with Crippen molar-refractivity contribution in [2.75, 3.05) is 13.2 Å². The number of carbonyl (C=O) groups excluding carboxylic acids is 2. The molecule has 5 heteroatoms. The number of hydrogen-bond acceptors (Lipinski definition) is 5. The fourth-order valence-electron chi connectivity index (χ4n) is 2.73. The summed E-state index contributed by atoms with van der Waals surface area (Å²) in [5.74, 6) is 0.537. The number of rotatable bonds is 12. The van der Waals surface area contributed by atoms with Crippen LogP contribution in [0.3, 0.4) is 0 Å². The van der Waals surface area contributed by atoms with E-state index in [0.717, 1.165) is 12.2 Å². The van der Waals surface area contributed by atoms with Crippen LogP contribution in [0.15, 0.2) is 48.5 Å². The number of esters is 2. The maximum absolute atomic E-state index is 12.3. The van der Waals surface area contributed by atoms with Crippen LogP contribution >= 0.6 is 0 Å². The van der Waals surface area contributed by atoms with Crippen molar-refractivity contribution in [3.8, 4) is 11.5 Å². The fourth-order valence-corrected chi connectivity index (χ4v) is 2.73. The Morgan fingerprint density at radius 1 is 0.767 bits per heavy atom. The molecule has 2 rings (SSSR count). The molecule has 30 heavy (non-hydrogen) atoms. The van der Waals surface area contributed by atoms with E-state index < -0.39 is 5.97 Å². The SMILES string of the molecule is CCCCCCCOc1ccc(C(=O)Oc2ccc(C(=O)OCC(C)C)cc2)cc1. The van der Waals surface area contributed by atoms with Crippen LogP contribution < -0.4 is 9.47 Å². The van der Waals surface area contributed by atoms with Gasteiger partial charge in [-0.1, -0.05) is 46.5 Å². The summed E-state index contributed by atoms with van der Waals surface area (Å²) in [5.41, 5.74) is 0.859. The first-order valence-electron chi connectivity index (χ1n) is 10.7. The van der Waals surface area contributed by atoms with Crippen LogP contribution in [0.4, 0.5) is 0 Å². The van der Waals surface area contributed by atoms with Crippen molar-refractivity contribution in [1.82, 2.24) is 0 Å². The van der Waals surface area contributed by atoms with Gasteiger partial charge in [0.1, 0.15) is 11.5 Å². The number of ether oxygens (including phenoxy) is 3. The van der Waals surface area contributed by atoms with Gasteiger partial charge in [0.25, 0.3) is 0 Å². The molecule has 0 aliphatic rings. The van der Waals surface area contributed by atoms with Gasteiger partial charge in [0, 0.05) is 0 Å². The molecule has 162 valence electrons. The van der Waals surface area contributed by atoms with Gasteiger partial charge in [0.2, 0.25) is 0 Å². The monoisotopic (exact) mass is 412 g/mol. The maximum atomic E-state index is 12.3. The van der Waals surface area contributed by atoms with Crippen molar-refractivity contribution >= 4 is 11.9 Å². The van der Waals surface area contributed by atoms with E-state index >= 15 is 0 Å². The Bertz CT molecular complexity index is 778. The standard InChI is InChI=1S/C25H32O5/c1-4-5-6-7-8-17-28-22-13-9-21(10-14-22)25(27)30-23-15-11-20(12-16-23)24(26)29-18-19(2)3/h9-16,19H,4-8,17-18H2,1-3H3. The molecule has 0 bridgehead atoms. The van der Waals surface area contributed by atoms with E-state index in [-0.39, 0.29) is 11.9 Å². The van der Waals surface area contributed by atoms with Crippen molar-refractivity contribution in [3.05, 3.63) is 59.7 Å². The average Bonchev–Trinajstić information content (AvgIpc) is 2.75. The predicted molar refractivity (Wildman–Crippen MR) is 117 cm³/mol. The van der Waals surface area contributed by atoms with E-state index in [1.165, 1.54) is 25.7 Å². The summed E-state index contributed by atoms with van der Waals surface area (Å²) in [4.78, 5) is 24.3. The van der Waals surface area contributed by atoms with Gasteiger partial charge in [-0.05, 0) is 60.9 Å². The maximum Gasteiger partial charge on any atom is 0.343 e. The van der Waals surface area contributed by atoms with E-state index in [1.807, 2.05) is 13.8 Å². The molecule has 2 aromatic rings. The Labute approximate surface area is 179 Å². The summed E-state index contributed by atoms with van der Waals surface area (Å²) in [6.45, 7) is 7.20. The van der Waals surface area contributed by atoms with Crippen molar-refractivity contribution < 1.29 is 23.8 Å². The second kappa shape index (κ2) is 12.7. The van der Waals surface area contributed by atoms with E-state index in [9.17, 15) is 9.59 Å². The molecule has 5 nitrogen and oxygen atoms in total. The molecule has 0 aliphatic carbocycles. The second-order valence-corrected chi connectivity index (χ2v) is 7.69. The summed E-state index contributed by atoms with van der Waals surface area (Å²) in [7, 11) is 0. The largest absolute Gasteiger partial charge is 0.494 e. The number of carbonyl (C=O) groups is 2. The van der Waals surface area contributed by atoms with Crippen LogP contribution in [-0.2, 0) is 4.74 Å². The summed E-state index contributed by atoms with van der Waals surface area (Å²) in [6, 6.07) is 13.3. The highest BCUT2D eigenvalue weighted by Gasteiger charge is 2.11. The summed E-state index contributed by atoms with van der Waals surface area (Å²) in [6.07, 6.45) is 5.94. The fraction of sp³-hybridized carbons (Fsp3) is 0.440. The molecule has 0 amide bonds. The highest BCUT2D eigenvalue weighted by Crippen LogP contribution is 2.18. The first-order chi connectivity index (χ1) is 14.5. The first-order valence-corrected chi connectivity index (χ1v) is 10.7. The van der Waals surface area contributed by atoms with Crippen LogP contribution in [0, 0.1) is 5.92 Å². The molecule has 0 saturated heterocycles. The lowest BCUT2D eigenvalue weighted by Crippen LogP contribution is -2.11. The van der Waals surface area contributed by atoms with Crippen LogP contribution in [0.25, 0.3) is 0 Å². The number of hydrogen-bond donors (Lipinski definition) is 0. The second-order valence-electron chi connectivity index (χ2n) is 7.69. The Hall–Kier alpha value is -2.82. The first kappa shape index (κ1) is 23.5. The average molecular weight is 413 g/mol. The van der Waals surface area contributed by atoms with Gasteiger partial charge in [-0.2, -0.15) is 0 Å². The molecule has 0 spiro atoms. The lowest BCUT2D eigenvalue weighted by Gasteiger charge is -2.09. The zero-order chi connectivity index (χ0) is 21.8. The minimum Gasteiger partial charge on any atom is -0.494 e. The van der Waals surface area contributed by atoms with Gasteiger partial charge in [-0.15, -0.1) is 0 Å². The van der Waals surface area contributed by atoms with Crippen molar-refractivity contribution in [1.29, 1.82) is 0 Å². The summed E-state index contributed by atoms with van der Waals surface area (Å²) in [5, 5.41) is 0. The third kappa shape index (κ3) is 8.27. The van der Waals surface area contributed by atoms with Crippen LogP contribution in [-0.4, -0.2) is 25.2 Å². The van der Waals surface area contributed by atoms with Crippen molar-refractivity contribution in [2.24, 2.45) is 5.92 Å². The lowest BCUT2D eigenvalue weighted by atomic mass is 10.2. The molecule has 0 saturated carbocycles. The quantitative estimate of drug-likeness (QED) is 0.241. The molecule has 0 N–H and O–H groups in total. The molecule has 0 aromatic heterocycles.